The Labute approximate surface area is 47.6 Å². The van der Waals surface area contributed by atoms with Gasteiger partial charge in [0, 0.05) is 16.1 Å². The molecule has 0 saturated heterocycles. The lowest BCUT2D eigenvalue weighted by Crippen LogP contribution is -1.84. The molecular formula is C5H14OSi. The minimum Gasteiger partial charge on any atom is -0.396 e. The van der Waals surface area contributed by atoms with E-state index in [1.54, 1.807) is 0 Å². The van der Waals surface area contributed by atoms with Crippen LogP contribution in [0.5, 0.6) is 0 Å². The van der Waals surface area contributed by atoms with Crippen molar-refractivity contribution in [2.75, 3.05) is 6.61 Å². The highest BCUT2D eigenvalue weighted by molar-refractivity contribution is 6.33. The van der Waals surface area contributed by atoms with E-state index in [1.165, 1.54) is 12.5 Å². The first-order valence-electron chi connectivity index (χ1n) is 3.02. The van der Waals surface area contributed by atoms with Crippen LogP contribution >= 0.6 is 0 Å². The van der Waals surface area contributed by atoms with Gasteiger partial charge in [0.25, 0.3) is 0 Å². The summed E-state index contributed by atoms with van der Waals surface area (Å²) in [5.41, 5.74) is 0. The summed E-state index contributed by atoms with van der Waals surface area (Å²) < 4.78 is 0. The van der Waals surface area contributed by atoms with Gasteiger partial charge < -0.3 is 5.11 Å². The molecule has 0 fully saturated rings. The van der Waals surface area contributed by atoms with Crippen molar-refractivity contribution < 1.29 is 5.11 Å². The van der Waals surface area contributed by atoms with Gasteiger partial charge >= 0.3 is 0 Å². The van der Waals surface area contributed by atoms with Crippen molar-refractivity contribution in [3.8, 4) is 0 Å². The lowest BCUT2D eigenvalue weighted by molar-refractivity contribution is 0.287. The first-order valence-corrected chi connectivity index (χ1v) is 5.44. The van der Waals surface area contributed by atoms with Gasteiger partial charge in [-0.15, -0.1) is 0 Å². The van der Waals surface area contributed by atoms with E-state index in [1.807, 2.05) is 0 Å². The fourth-order valence-electron chi connectivity index (χ4n) is 0.539. The molecule has 0 aliphatic heterocycles. The summed E-state index contributed by atoms with van der Waals surface area (Å²) in [6.07, 6.45) is 2.26. The highest BCUT2D eigenvalue weighted by Crippen LogP contribution is 1.91. The molecule has 44 valence electrons. The van der Waals surface area contributed by atoms with Gasteiger partial charge in [0.1, 0.15) is 0 Å². The topological polar surface area (TPSA) is 20.2 Å². The van der Waals surface area contributed by atoms with Gasteiger partial charge in [-0.1, -0.05) is 19.0 Å². The van der Waals surface area contributed by atoms with Crippen LogP contribution < -0.4 is 0 Å². The van der Waals surface area contributed by atoms with Crippen molar-refractivity contribution in [1.29, 1.82) is 0 Å². The largest absolute Gasteiger partial charge is 0.396 e. The van der Waals surface area contributed by atoms with Crippen LogP contribution in [0.2, 0.25) is 12.6 Å². The molecule has 0 heterocycles. The van der Waals surface area contributed by atoms with E-state index in [0.29, 0.717) is 6.61 Å². The molecule has 0 radical (unpaired) electrons. The van der Waals surface area contributed by atoms with Crippen LogP contribution in [0.3, 0.4) is 0 Å². The monoisotopic (exact) mass is 118 g/mol. The zero-order valence-corrected chi connectivity index (χ0v) is 6.40. The van der Waals surface area contributed by atoms with Crippen molar-refractivity contribution in [3.05, 3.63) is 0 Å². The zero-order chi connectivity index (χ0) is 5.54. The molecule has 0 atom stereocenters. The Kier molecular flexibility index (Phi) is 6.33. The van der Waals surface area contributed by atoms with Crippen LogP contribution in [0.15, 0.2) is 0 Å². The highest BCUT2D eigenvalue weighted by Gasteiger charge is 1.81. The van der Waals surface area contributed by atoms with Crippen LogP contribution in [0.4, 0.5) is 0 Å². The average Bonchev–Trinajstić information content (AvgIpc) is 1.69. The normalized spacial score (nSPS) is 11.1. The Bertz CT molecular complexity index is 27.3. The second-order valence-corrected chi connectivity index (χ2v) is 3.49. The van der Waals surface area contributed by atoms with Gasteiger partial charge in [-0.25, -0.2) is 0 Å². The molecule has 2 heteroatoms. The smallest absolute Gasteiger partial charge is 0.0430 e. The lowest BCUT2D eigenvalue weighted by Gasteiger charge is -1.89. The third-order valence-corrected chi connectivity index (χ3v) is 2.22. The minimum absolute atomic E-state index is 0.283. The second kappa shape index (κ2) is 6.18. The van der Waals surface area contributed by atoms with E-state index < -0.39 is 0 Å². The van der Waals surface area contributed by atoms with Crippen LogP contribution in [0, 0.1) is 0 Å². The molecular weight excluding hydrogens is 104 g/mol. The molecule has 0 amide bonds. The Balaban J connectivity index is 2.45. The molecule has 1 nitrogen and oxygen atoms in total. The average molecular weight is 118 g/mol. The summed E-state index contributed by atoms with van der Waals surface area (Å²) in [6.45, 7) is 2.69. The molecule has 1 N–H and O–H groups in total. The highest BCUT2D eigenvalue weighted by atomic mass is 28.2. The summed E-state index contributed by atoms with van der Waals surface area (Å²) >= 11 is 0. The van der Waals surface area contributed by atoms with Crippen molar-refractivity contribution in [2.24, 2.45) is 0 Å². The maximum Gasteiger partial charge on any atom is 0.0430 e. The zero-order valence-electron chi connectivity index (χ0n) is 4.98. The predicted molar refractivity (Wildman–Crippen MR) is 35.5 cm³/mol. The van der Waals surface area contributed by atoms with Crippen molar-refractivity contribution in [1.82, 2.24) is 0 Å². The van der Waals surface area contributed by atoms with Gasteiger partial charge in [0.2, 0.25) is 0 Å². The number of hydrogen-bond donors (Lipinski definition) is 1. The van der Waals surface area contributed by atoms with E-state index in [9.17, 15) is 0 Å². The molecule has 0 aliphatic rings. The predicted octanol–water partition coefficient (Wildman–Crippen LogP) is 0.394. The molecule has 0 bridgehead atoms. The number of aliphatic hydroxyl groups is 1. The van der Waals surface area contributed by atoms with Crippen molar-refractivity contribution >= 4 is 9.52 Å². The van der Waals surface area contributed by atoms with Gasteiger partial charge in [-0.05, 0) is 6.42 Å². The molecule has 0 rings (SSSR count). The summed E-state index contributed by atoms with van der Waals surface area (Å²) in [4.78, 5) is 0. The van der Waals surface area contributed by atoms with Gasteiger partial charge in [0.15, 0.2) is 0 Å². The number of aliphatic hydroxyl groups excluding tert-OH is 1. The van der Waals surface area contributed by atoms with Crippen molar-refractivity contribution in [3.63, 3.8) is 0 Å². The standard InChI is InChI=1S/C5H14OSi/c1-7-5-3-2-4-6/h6H,2-5,7H2,1H3. The molecule has 7 heavy (non-hydrogen) atoms. The number of rotatable bonds is 4. The molecule has 0 saturated carbocycles. The Hall–Kier alpha value is 0.177. The van der Waals surface area contributed by atoms with E-state index >= 15 is 0 Å². The van der Waals surface area contributed by atoms with Crippen LogP contribution in [0.1, 0.15) is 12.8 Å². The van der Waals surface area contributed by atoms with Gasteiger partial charge in [0.05, 0.1) is 0 Å². The molecule has 0 unspecified atom stereocenters. The van der Waals surface area contributed by atoms with E-state index in [4.69, 9.17) is 5.11 Å². The van der Waals surface area contributed by atoms with Gasteiger partial charge in [-0.3, -0.25) is 0 Å². The molecule has 0 aromatic carbocycles. The van der Waals surface area contributed by atoms with Gasteiger partial charge in [-0.2, -0.15) is 0 Å². The summed E-state index contributed by atoms with van der Waals surface area (Å²) in [6, 6.07) is 1.40. The molecule has 0 aromatic rings. The summed E-state index contributed by atoms with van der Waals surface area (Å²) in [7, 11) is 0.283. The van der Waals surface area contributed by atoms with Crippen LogP contribution in [-0.2, 0) is 0 Å². The minimum atomic E-state index is 0.283. The first-order chi connectivity index (χ1) is 3.41. The molecule has 0 aliphatic carbocycles. The second-order valence-electron chi connectivity index (χ2n) is 1.78. The van der Waals surface area contributed by atoms with E-state index in [2.05, 4.69) is 6.55 Å². The maximum absolute atomic E-state index is 8.31. The first kappa shape index (κ1) is 7.18. The molecule has 0 aromatic heterocycles. The quantitative estimate of drug-likeness (QED) is 0.418. The molecule has 0 spiro atoms. The van der Waals surface area contributed by atoms with Crippen LogP contribution in [-0.4, -0.2) is 21.2 Å². The lowest BCUT2D eigenvalue weighted by atomic mass is 10.4. The Morgan fingerprint density at radius 3 is 2.57 bits per heavy atom. The van der Waals surface area contributed by atoms with E-state index in [0.717, 1.165) is 6.42 Å². The fraction of sp³-hybridized carbons (Fsp3) is 1.00. The van der Waals surface area contributed by atoms with Crippen LogP contribution in [0.25, 0.3) is 0 Å². The Morgan fingerprint density at radius 1 is 1.43 bits per heavy atom. The Morgan fingerprint density at radius 2 is 2.14 bits per heavy atom. The summed E-state index contributed by atoms with van der Waals surface area (Å²) in [5, 5.41) is 8.31. The number of hydrogen-bond acceptors (Lipinski definition) is 1. The summed E-state index contributed by atoms with van der Waals surface area (Å²) in [5.74, 6) is 0. The SMILES string of the molecule is C[SiH2]CCCCO. The third kappa shape index (κ3) is 6.18. The maximum atomic E-state index is 8.31. The number of unbranched alkanes of at least 4 members (excludes halogenated alkanes) is 1. The van der Waals surface area contributed by atoms with E-state index in [-0.39, 0.29) is 9.52 Å². The third-order valence-electron chi connectivity index (χ3n) is 1.01. The van der Waals surface area contributed by atoms with Crippen molar-refractivity contribution in [2.45, 2.75) is 25.4 Å². The fourth-order valence-corrected chi connectivity index (χ4v) is 1.39.